The van der Waals surface area contributed by atoms with Gasteiger partial charge in [0.1, 0.15) is 0 Å². The average Bonchev–Trinajstić information content (AvgIpc) is 2.28. The highest BCUT2D eigenvalue weighted by Gasteiger charge is 1.95. The normalized spacial score (nSPS) is 10.1. The van der Waals surface area contributed by atoms with E-state index >= 15 is 0 Å². The molecule has 76 valence electrons. The van der Waals surface area contributed by atoms with E-state index < -0.39 is 0 Å². The topological polar surface area (TPSA) is 26.0 Å². The molecular weight excluding hydrogens is 202 g/mol. The van der Waals surface area contributed by atoms with Gasteiger partial charge in [-0.25, -0.2) is 0 Å². The lowest BCUT2D eigenvalue weighted by Gasteiger charge is -2.02. The summed E-state index contributed by atoms with van der Waals surface area (Å²) in [6.45, 7) is 0. The summed E-state index contributed by atoms with van der Waals surface area (Å²) in [4.78, 5) is 1.29. The number of rotatable bonds is 3. The van der Waals surface area contributed by atoms with Crippen LogP contribution in [0.5, 0.6) is 0 Å². The Morgan fingerprint density at radius 2 is 1.73 bits per heavy atom. The molecule has 0 radical (unpaired) electrons. The fourth-order valence-corrected chi connectivity index (χ4v) is 2.23. The number of hydrogen-bond donors (Lipinski definition) is 1. The molecule has 0 fully saturated rings. The number of thioether (sulfide) groups is 1. The Morgan fingerprint density at radius 3 is 2.47 bits per heavy atom. The second-order valence-corrected chi connectivity index (χ2v) is 4.40. The first-order valence-corrected chi connectivity index (χ1v) is 5.85. The van der Waals surface area contributed by atoms with E-state index in [9.17, 15) is 0 Å². The third-order valence-electron chi connectivity index (χ3n) is 2.10. The van der Waals surface area contributed by atoms with Crippen molar-refractivity contribution in [3.05, 3.63) is 60.2 Å². The van der Waals surface area contributed by atoms with E-state index in [4.69, 9.17) is 5.73 Å². The first-order chi connectivity index (χ1) is 7.34. The van der Waals surface area contributed by atoms with Gasteiger partial charge in [0.25, 0.3) is 0 Å². The molecule has 2 rings (SSSR count). The van der Waals surface area contributed by atoms with E-state index in [0.29, 0.717) is 0 Å². The van der Waals surface area contributed by atoms with Crippen LogP contribution in [0.25, 0.3) is 0 Å². The van der Waals surface area contributed by atoms with E-state index in [1.165, 1.54) is 10.5 Å². The van der Waals surface area contributed by atoms with E-state index in [-0.39, 0.29) is 0 Å². The quantitative estimate of drug-likeness (QED) is 0.626. The molecule has 0 unspecified atom stereocenters. The van der Waals surface area contributed by atoms with Crippen LogP contribution >= 0.6 is 11.8 Å². The van der Waals surface area contributed by atoms with Gasteiger partial charge in [-0.15, -0.1) is 11.8 Å². The molecular formula is C13H13NS. The molecule has 0 bridgehead atoms. The Kier molecular flexibility index (Phi) is 3.30. The molecule has 0 amide bonds. The van der Waals surface area contributed by atoms with E-state index in [0.717, 1.165) is 11.4 Å². The third kappa shape index (κ3) is 3.03. The zero-order valence-electron chi connectivity index (χ0n) is 8.39. The number of hydrogen-bond acceptors (Lipinski definition) is 2. The maximum absolute atomic E-state index is 5.72. The van der Waals surface area contributed by atoms with Gasteiger partial charge in [-0.2, -0.15) is 0 Å². The molecule has 2 N–H and O–H groups in total. The summed E-state index contributed by atoms with van der Waals surface area (Å²) in [6, 6.07) is 18.4. The fraction of sp³-hybridized carbons (Fsp3) is 0.0769. The SMILES string of the molecule is Nc1cccc(CSc2ccccc2)c1. The molecule has 0 saturated heterocycles. The Hall–Kier alpha value is -1.41. The van der Waals surface area contributed by atoms with Gasteiger partial charge in [0.15, 0.2) is 0 Å². The predicted octanol–water partition coefficient (Wildman–Crippen LogP) is 3.56. The second kappa shape index (κ2) is 4.89. The van der Waals surface area contributed by atoms with Gasteiger partial charge in [0.05, 0.1) is 0 Å². The van der Waals surface area contributed by atoms with E-state index in [2.05, 4.69) is 30.3 Å². The van der Waals surface area contributed by atoms with Crippen molar-refractivity contribution in [1.29, 1.82) is 0 Å². The molecule has 0 heterocycles. The van der Waals surface area contributed by atoms with E-state index in [1.807, 2.05) is 36.0 Å². The number of nitrogen functional groups attached to an aromatic ring is 1. The number of benzene rings is 2. The Morgan fingerprint density at radius 1 is 0.933 bits per heavy atom. The number of anilines is 1. The largest absolute Gasteiger partial charge is 0.399 e. The fourth-order valence-electron chi connectivity index (χ4n) is 1.37. The lowest BCUT2D eigenvalue weighted by atomic mass is 10.2. The molecule has 0 aliphatic heterocycles. The molecule has 0 atom stereocenters. The maximum atomic E-state index is 5.72. The Labute approximate surface area is 94.3 Å². The highest BCUT2D eigenvalue weighted by Crippen LogP contribution is 2.22. The molecule has 1 nitrogen and oxygen atoms in total. The summed E-state index contributed by atoms with van der Waals surface area (Å²) in [5.74, 6) is 0.967. The van der Waals surface area contributed by atoms with Crippen molar-refractivity contribution in [1.82, 2.24) is 0 Å². The maximum Gasteiger partial charge on any atom is 0.0317 e. The van der Waals surface area contributed by atoms with Crippen molar-refractivity contribution in [3.8, 4) is 0 Å². The van der Waals surface area contributed by atoms with Crippen molar-refractivity contribution in [2.45, 2.75) is 10.6 Å². The molecule has 2 aromatic rings. The van der Waals surface area contributed by atoms with Gasteiger partial charge in [-0.05, 0) is 29.8 Å². The third-order valence-corrected chi connectivity index (χ3v) is 3.18. The minimum absolute atomic E-state index is 0.834. The van der Waals surface area contributed by atoms with E-state index in [1.54, 1.807) is 0 Å². The highest BCUT2D eigenvalue weighted by molar-refractivity contribution is 7.98. The molecule has 0 aliphatic carbocycles. The van der Waals surface area contributed by atoms with Crippen LogP contribution in [0.4, 0.5) is 5.69 Å². The Bertz CT molecular complexity index is 426. The molecule has 15 heavy (non-hydrogen) atoms. The minimum atomic E-state index is 0.834. The van der Waals surface area contributed by atoms with Gasteiger partial charge in [-0.3, -0.25) is 0 Å². The van der Waals surface area contributed by atoms with Gasteiger partial charge in [0.2, 0.25) is 0 Å². The predicted molar refractivity (Wildman–Crippen MR) is 66.9 cm³/mol. The standard InChI is InChI=1S/C13H13NS/c14-12-6-4-5-11(9-12)10-15-13-7-2-1-3-8-13/h1-9H,10,14H2. The lowest BCUT2D eigenvalue weighted by Crippen LogP contribution is -1.86. The van der Waals surface area contributed by atoms with Crippen molar-refractivity contribution in [2.75, 3.05) is 5.73 Å². The monoisotopic (exact) mass is 215 g/mol. The van der Waals surface area contributed by atoms with Gasteiger partial charge >= 0.3 is 0 Å². The van der Waals surface area contributed by atoms with Crippen LogP contribution in [0, 0.1) is 0 Å². The van der Waals surface area contributed by atoms with Crippen molar-refractivity contribution < 1.29 is 0 Å². The van der Waals surface area contributed by atoms with Crippen molar-refractivity contribution in [2.24, 2.45) is 0 Å². The van der Waals surface area contributed by atoms with Crippen LogP contribution in [-0.4, -0.2) is 0 Å². The molecule has 0 spiro atoms. The summed E-state index contributed by atoms with van der Waals surface area (Å²) in [7, 11) is 0. The number of nitrogens with two attached hydrogens (primary N) is 1. The molecule has 0 saturated carbocycles. The van der Waals surface area contributed by atoms with Crippen LogP contribution in [0.2, 0.25) is 0 Å². The van der Waals surface area contributed by atoms with Crippen LogP contribution in [0.3, 0.4) is 0 Å². The van der Waals surface area contributed by atoms with Gasteiger partial charge < -0.3 is 5.73 Å². The molecule has 2 aromatic carbocycles. The summed E-state index contributed by atoms with van der Waals surface area (Å²) in [5.41, 5.74) is 7.82. The summed E-state index contributed by atoms with van der Waals surface area (Å²) in [6.07, 6.45) is 0. The smallest absolute Gasteiger partial charge is 0.0317 e. The molecule has 0 aromatic heterocycles. The minimum Gasteiger partial charge on any atom is -0.399 e. The highest BCUT2D eigenvalue weighted by atomic mass is 32.2. The molecule has 2 heteroatoms. The summed E-state index contributed by atoms with van der Waals surface area (Å²) >= 11 is 1.83. The van der Waals surface area contributed by atoms with Crippen LogP contribution in [0.15, 0.2) is 59.5 Å². The van der Waals surface area contributed by atoms with Crippen LogP contribution in [-0.2, 0) is 5.75 Å². The summed E-state index contributed by atoms with van der Waals surface area (Å²) in [5, 5.41) is 0. The van der Waals surface area contributed by atoms with Crippen molar-refractivity contribution >= 4 is 17.4 Å². The Balaban J connectivity index is 1.99. The van der Waals surface area contributed by atoms with Crippen LogP contribution in [0.1, 0.15) is 5.56 Å². The summed E-state index contributed by atoms with van der Waals surface area (Å²) < 4.78 is 0. The first kappa shape index (κ1) is 10.1. The van der Waals surface area contributed by atoms with Gasteiger partial charge in [-0.1, -0.05) is 30.3 Å². The lowest BCUT2D eigenvalue weighted by molar-refractivity contribution is 1.38. The van der Waals surface area contributed by atoms with Crippen molar-refractivity contribution in [3.63, 3.8) is 0 Å². The average molecular weight is 215 g/mol. The van der Waals surface area contributed by atoms with Gasteiger partial charge in [0, 0.05) is 16.3 Å². The zero-order valence-corrected chi connectivity index (χ0v) is 9.21. The first-order valence-electron chi connectivity index (χ1n) is 4.87. The molecule has 0 aliphatic rings. The zero-order chi connectivity index (χ0) is 10.5. The second-order valence-electron chi connectivity index (χ2n) is 3.35. The van der Waals surface area contributed by atoms with Crippen LogP contribution < -0.4 is 5.73 Å².